The molecule has 0 fully saturated rings. The molecule has 0 radical (unpaired) electrons. The van der Waals surface area contributed by atoms with Crippen molar-refractivity contribution in [3.8, 4) is 11.5 Å². The smallest absolute Gasteiger partial charge is 0.311 e. The number of rotatable bonds is 9. The molecule has 1 aromatic heterocycles. The molecule has 2 heterocycles. The van der Waals surface area contributed by atoms with Crippen molar-refractivity contribution in [3.63, 3.8) is 0 Å². The van der Waals surface area contributed by atoms with Crippen LogP contribution in [0.15, 0.2) is 34.0 Å². The van der Waals surface area contributed by atoms with Gasteiger partial charge in [0.15, 0.2) is 21.9 Å². The lowest BCUT2D eigenvalue weighted by molar-refractivity contribution is -0.142. The summed E-state index contributed by atoms with van der Waals surface area (Å²) in [6.45, 7) is 5.55. The van der Waals surface area contributed by atoms with Crippen LogP contribution in [0.3, 0.4) is 0 Å². The third-order valence-electron chi connectivity index (χ3n) is 4.21. The number of carbonyl (C=O) groups is 2. The maximum atomic E-state index is 12.6. The number of para-hydroxylation sites is 2. The average molecular weight is 437 g/mol. The monoisotopic (exact) mass is 436 g/mol. The number of ether oxygens (including phenoxy) is 3. The summed E-state index contributed by atoms with van der Waals surface area (Å²) in [6, 6.07) is 7.54. The highest BCUT2D eigenvalue weighted by Gasteiger charge is 2.25. The van der Waals surface area contributed by atoms with Gasteiger partial charge in [-0.05, 0) is 26.0 Å². The van der Waals surface area contributed by atoms with Crippen LogP contribution in [-0.4, -0.2) is 59.9 Å². The number of fused-ring (bicyclic) bond motifs is 1. The number of hydrogen-bond donors (Lipinski definition) is 0. The highest BCUT2D eigenvalue weighted by Crippen LogP contribution is 2.31. The van der Waals surface area contributed by atoms with E-state index in [1.54, 1.807) is 11.8 Å². The molecular formula is C20H24N2O5S2. The van der Waals surface area contributed by atoms with E-state index < -0.39 is 0 Å². The van der Waals surface area contributed by atoms with E-state index in [1.807, 2.05) is 36.6 Å². The molecule has 29 heavy (non-hydrogen) atoms. The normalized spacial score (nSPS) is 15.0. The van der Waals surface area contributed by atoms with Crippen molar-refractivity contribution in [3.05, 3.63) is 35.3 Å². The summed E-state index contributed by atoms with van der Waals surface area (Å²) in [5, 5.41) is 1.83. The summed E-state index contributed by atoms with van der Waals surface area (Å²) < 4.78 is 17.4. The van der Waals surface area contributed by atoms with Gasteiger partial charge in [0, 0.05) is 11.9 Å². The quantitative estimate of drug-likeness (QED) is 0.442. The SMILES string of the molecule is CCOC(=O)Cc1csc(SCC(=O)N(CC)CC2COc3ccccc3O2)n1. The average Bonchev–Trinajstić information content (AvgIpc) is 3.17. The number of amides is 1. The zero-order valence-electron chi connectivity index (χ0n) is 16.5. The minimum Gasteiger partial charge on any atom is -0.486 e. The maximum Gasteiger partial charge on any atom is 0.311 e. The van der Waals surface area contributed by atoms with Crippen LogP contribution < -0.4 is 9.47 Å². The van der Waals surface area contributed by atoms with Crippen LogP contribution in [0.25, 0.3) is 0 Å². The van der Waals surface area contributed by atoms with Crippen LogP contribution >= 0.6 is 23.1 Å². The van der Waals surface area contributed by atoms with Crippen molar-refractivity contribution in [1.82, 2.24) is 9.88 Å². The summed E-state index contributed by atoms with van der Waals surface area (Å²) in [7, 11) is 0. The zero-order chi connectivity index (χ0) is 20.6. The Morgan fingerprint density at radius 1 is 1.31 bits per heavy atom. The Kier molecular flexibility index (Phi) is 7.76. The predicted molar refractivity (Wildman–Crippen MR) is 112 cm³/mol. The Balaban J connectivity index is 1.48. The summed E-state index contributed by atoms with van der Waals surface area (Å²) in [6.07, 6.45) is -0.0460. The molecule has 1 unspecified atom stereocenters. The van der Waals surface area contributed by atoms with E-state index in [1.165, 1.54) is 23.1 Å². The molecule has 1 aliphatic heterocycles. The van der Waals surface area contributed by atoms with Crippen molar-refractivity contribution < 1.29 is 23.8 Å². The van der Waals surface area contributed by atoms with Crippen LogP contribution in [0, 0.1) is 0 Å². The zero-order valence-corrected chi connectivity index (χ0v) is 18.1. The summed E-state index contributed by atoms with van der Waals surface area (Å²) in [4.78, 5) is 30.3. The Labute approximate surface area is 178 Å². The molecule has 0 bridgehead atoms. The number of aromatic nitrogens is 1. The van der Waals surface area contributed by atoms with Crippen molar-refractivity contribution >= 4 is 35.0 Å². The van der Waals surface area contributed by atoms with Gasteiger partial charge in [-0.15, -0.1) is 11.3 Å². The van der Waals surface area contributed by atoms with Gasteiger partial charge in [0.1, 0.15) is 6.61 Å². The standard InChI is InChI=1S/C20H24N2O5S2/c1-3-22(10-15-11-26-16-7-5-6-8-17(16)27-15)18(23)13-29-20-21-14(12-28-20)9-19(24)25-4-2/h5-8,12,15H,3-4,9-11,13H2,1-2H3. The second kappa shape index (κ2) is 10.5. The van der Waals surface area contributed by atoms with E-state index in [9.17, 15) is 9.59 Å². The first-order chi connectivity index (χ1) is 14.1. The first kappa shape index (κ1) is 21.4. The minimum atomic E-state index is -0.293. The molecule has 1 amide bonds. The van der Waals surface area contributed by atoms with E-state index in [0.717, 1.165) is 10.1 Å². The third kappa shape index (κ3) is 6.11. The number of likely N-dealkylation sites (N-methyl/N-ethyl adjacent to an activating group) is 1. The van der Waals surface area contributed by atoms with E-state index >= 15 is 0 Å². The van der Waals surface area contributed by atoms with Crippen LogP contribution in [-0.2, 0) is 20.7 Å². The molecule has 7 nitrogen and oxygen atoms in total. The van der Waals surface area contributed by atoms with Crippen LogP contribution in [0.5, 0.6) is 11.5 Å². The molecule has 2 aromatic rings. The number of thiazole rings is 1. The van der Waals surface area contributed by atoms with Crippen molar-refractivity contribution in [2.75, 3.05) is 32.1 Å². The first-order valence-electron chi connectivity index (χ1n) is 9.48. The predicted octanol–water partition coefficient (Wildman–Crippen LogP) is 3.03. The molecule has 3 rings (SSSR count). The van der Waals surface area contributed by atoms with Gasteiger partial charge >= 0.3 is 5.97 Å². The number of benzene rings is 1. The van der Waals surface area contributed by atoms with E-state index in [-0.39, 0.29) is 30.2 Å². The fraction of sp³-hybridized carbons (Fsp3) is 0.450. The number of carbonyl (C=O) groups excluding carboxylic acids is 2. The Morgan fingerprint density at radius 2 is 2.10 bits per heavy atom. The Bertz CT molecular complexity index is 842. The molecule has 1 aromatic carbocycles. The number of esters is 1. The van der Waals surface area contributed by atoms with Gasteiger partial charge < -0.3 is 19.1 Å². The lowest BCUT2D eigenvalue weighted by Crippen LogP contribution is -2.44. The highest BCUT2D eigenvalue weighted by atomic mass is 32.2. The van der Waals surface area contributed by atoms with Crippen LogP contribution in [0.1, 0.15) is 19.5 Å². The minimum absolute atomic E-state index is 0.0158. The van der Waals surface area contributed by atoms with Gasteiger partial charge in [0.2, 0.25) is 5.91 Å². The second-order valence-electron chi connectivity index (χ2n) is 6.31. The molecule has 0 saturated carbocycles. The van der Waals surface area contributed by atoms with Gasteiger partial charge in [0.25, 0.3) is 0 Å². The van der Waals surface area contributed by atoms with Gasteiger partial charge in [-0.2, -0.15) is 0 Å². The third-order valence-corrected chi connectivity index (χ3v) is 6.26. The number of hydrogen-bond acceptors (Lipinski definition) is 8. The van der Waals surface area contributed by atoms with E-state index in [4.69, 9.17) is 14.2 Å². The topological polar surface area (TPSA) is 78.0 Å². The lowest BCUT2D eigenvalue weighted by atomic mass is 10.2. The van der Waals surface area contributed by atoms with E-state index in [2.05, 4.69) is 4.98 Å². The fourth-order valence-electron chi connectivity index (χ4n) is 2.82. The van der Waals surface area contributed by atoms with Gasteiger partial charge in [-0.1, -0.05) is 23.9 Å². The fourth-order valence-corrected chi connectivity index (χ4v) is 4.56. The lowest BCUT2D eigenvalue weighted by Gasteiger charge is -2.30. The van der Waals surface area contributed by atoms with Crippen LogP contribution in [0.2, 0.25) is 0 Å². The molecule has 0 aliphatic carbocycles. The molecule has 9 heteroatoms. The second-order valence-corrected chi connectivity index (χ2v) is 8.39. The van der Waals surface area contributed by atoms with Gasteiger partial charge in [-0.3, -0.25) is 9.59 Å². The van der Waals surface area contributed by atoms with Crippen molar-refractivity contribution in [1.29, 1.82) is 0 Å². The largest absolute Gasteiger partial charge is 0.486 e. The van der Waals surface area contributed by atoms with Crippen LogP contribution in [0.4, 0.5) is 0 Å². The highest BCUT2D eigenvalue weighted by molar-refractivity contribution is 8.01. The van der Waals surface area contributed by atoms with Crippen molar-refractivity contribution in [2.45, 2.75) is 30.7 Å². The summed E-state index contributed by atoms with van der Waals surface area (Å²) in [5.41, 5.74) is 0.669. The van der Waals surface area contributed by atoms with E-state index in [0.29, 0.717) is 37.7 Å². The number of thioether (sulfide) groups is 1. The molecule has 1 atom stereocenters. The number of nitrogens with zero attached hydrogens (tertiary/aromatic N) is 2. The maximum absolute atomic E-state index is 12.6. The van der Waals surface area contributed by atoms with Crippen molar-refractivity contribution in [2.24, 2.45) is 0 Å². The summed E-state index contributed by atoms with van der Waals surface area (Å²) in [5.74, 6) is 1.44. The Hall–Kier alpha value is -2.26. The van der Waals surface area contributed by atoms with Gasteiger partial charge in [-0.25, -0.2) is 4.98 Å². The molecule has 1 aliphatic rings. The Morgan fingerprint density at radius 3 is 2.86 bits per heavy atom. The van der Waals surface area contributed by atoms with Gasteiger partial charge in [0.05, 0.1) is 31.0 Å². The molecular weight excluding hydrogens is 412 g/mol. The molecule has 0 saturated heterocycles. The molecule has 0 spiro atoms. The first-order valence-corrected chi connectivity index (χ1v) is 11.3. The summed E-state index contributed by atoms with van der Waals surface area (Å²) >= 11 is 2.80. The molecule has 156 valence electrons. The molecule has 0 N–H and O–H groups in total.